The number of esters is 1. The number of aromatic nitrogens is 1. The fourth-order valence-corrected chi connectivity index (χ4v) is 1.57. The highest BCUT2D eigenvalue weighted by Gasteiger charge is 2.27. The molecule has 0 aliphatic carbocycles. The molecule has 0 spiro atoms. The Morgan fingerprint density at radius 2 is 2.15 bits per heavy atom. The largest absolute Gasteiger partial charge is 0.467 e. The van der Waals surface area contributed by atoms with Crippen molar-refractivity contribution in [2.24, 2.45) is 0 Å². The van der Waals surface area contributed by atoms with Gasteiger partial charge in [-0.05, 0) is 19.4 Å². The molecule has 1 rings (SSSR count). The molecule has 2 N–H and O–H groups in total. The Morgan fingerprint density at radius 3 is 2.65 bits per heavy atom. The molecule has 0 aliphatic heterocycles. The summed E-state index contributed by atoms with van der Waals surface area (Å²) in [5.74, 6) is -2.13. The second-order valence-corrected chi connectivity index (χ2v) is 4.23. The summed E-state index contributed by atoms with van der Waals surface area (Å²) in [5, 5.41) is 11.7. The summed E-state index contributed by atoms with van der Waals surface area (Å²) in [7, 11) is 1.14. The Labute approximate surface area is 116 Å². The quantitative estimate of drug-likeness (QED) is 0.766. The van der Waals surface area contributed by atoms with Gasteiger partial charge < -0.3 is 15.2 Å². The van der Waals surface area contributed by atoms with E-state index in [0.29, 0.717) is 12.1 Å². The van der Waals surface area contributed by atoms with E-state index < -0.39 is 29.8 Å². The number of ether oxygens (including phenoxy) is 1. The molecule has 0 aromatic carbocycles. The van der Waals surface area contributed by atoms with E-state index >= 15 is 0 Å². The van der Waals surface area contributed by atoms with Gasteiger partial charge in [0.25, 0.3) is 5.91 Å². The third-order valence-corrected chi connectivity index (χ3v) is 2.66. The number of carbonyl (C=O) groups is 2. The minimum Gasteiger partial charge on any atom is -0.467 e. The standard InChI is InChI=1S/C13H17FN2O4/c1-4-9-5-8(14)6-10(15-9)12(18)16-11(7(2)17)13(19)20-3/h5-7,11,17H,4H2,1-3H3,(H,16,18). The first-order valence-corrected chi connectivity index (χ1v) is 6.12. The van der Waals surface area contributed by atoms with Gasteiger partial charge >= 0.3 is 5.97 Å². The maximum absolute atomic E-state index is 13.3. The van der Waals surface area contributed by atoms with Crippen LogP contribution in [-0.2, 0) is 16.0 Å². The van der Waals surface area contributed by atoms with Crippen LogP contribution in [0.1, 0.15) is 30.0 Å². The Bertz CT molecular complexity index is 505. The number of carbonyl (C=O) groups excluding carboxylic acids is 2. The van der Waals surface area contributed by atoms with E-state index in [9.17, 15) is 19.1 Å². The van der Waals surface area contributed by atoms with Gasteiger partial charge in [0, 0.05) is 11.8 Å². The lowest BCUT2D eigenvalue weighted by atomic mass is 10.1. The minimum absolute atomic E-state index is 0.156. The second-order valence-electron chi connectivity index (χ2n) is 4.23. The van der Waals surface area contributed by atoms with Crippen LogP contribution in [0.5, 0.6) is 0 Å². The Hall–Kier alpha value is -2.02. The van der Waals surface area contributed by atoms with Crippen molar-refractivity contribution in [3.8, 4) is 0 Å². The third kappa shape index (κ3) is 3.99. The van der Waals surface area contributed by atoms with Gasteiger partial charge in [0.05, 0.1) is 13.2 Å². The fourth-order valence-electron chi connectivity index (χ4n) is 1.57. The average molecular weight is 284 g/mol. The van der Waals surface area contributed by atoms with Crippen LogP contribution in [0.4, 0.5) is 4.39 Å². The van der Waals surface area contributed by atoms with Gasteiger partial charge in [-0.15, -0.1) is 0 Å². The highest BCUT2D eigenvalue weighted by molar-refractivity contribution is 5.95. The molecule has 7 heteroatoms. The summed E-state index contributed by atoms with van der Waals surface area (Å²) < 4.78 is 17.8. The third-order valence-electron chi connectivity index (χ3n) is 2.66. The molecule has 0 aliphatic rings. The van der Waals surface area contributed by atoms with Crippen molar-refractivity contribution in [3.63, 3.8) is 0 Å². The van der Waals surface area contributed by atoms with Crippen molar-refractivity contribution in [1.82, 2.24) is 10.3 Å². The van der Waals surface area contributed by atoms with E-state index in [1.54, 1.807) is 6.92 Å². The summed E-state index contributed by atoms with van der Waals surface area (Å²) in [6.45, 7) is 3.11. The Kier molecular flexibility index (Phi) is 5.57. The van der Waals surface area contributed by atoms with Gasteiger partial charge in [-0.2, -0.15) is 0 Å². The van der Waals surface area contributed by atoms with Gasteiger partial charge in [0.1, 0.15) is 11.5 Å². The highest BCUT2D eigenvalue weighted by Crippen LogP contribution is 2.06. The zero-order valence-electron chi connectivity index (χ0n) is 11.5. The molecule has 6 nitrogen and oxygen atoms in total. The van der Waals surface area contributed by atoms with E-state index in [4.69, 9.17) is 0 Å². The molecule has 110 valence electrons. The number of hydrogen-bond acceptors (Lipinski definition) is 5. The van der Waals surface area contributed by atoms with E-state index in [1.165, 1.54) is 13.0 Å². The highest BCUT2D eigenvalue weighted by atomic mass is 19.1. The number of aryl methyl sites for hydroxylation is 1. The van der Waals surface area contributed by atoms with Crippen LogP contribution in [-0.4, -0.2) is 41.2 Å². The van der Waals surface area contributed by atoms with Crippen LogP contribution in [0.3, 0.4) is 0 Å². The van der Waals surface area contributed by atoms with Gasteiger partial charge in [-0.3, -0.25) is 4.79 Å². The molecule has 20 heavy (non-hydrogen) atoms. The molecule has 2 unspecified atom stereocenters. The number of halogens is 1. The monoisotopic (exact) mass is 284 g/mol. The van der Waals surface area contributed by atoms with Crippen LogP contribution in [0.25, 0.3) is 0 Å². The smallest absolute Gasteiger partial charge is 0.331 e. The van der Waals surface area contributed by atoms with Crippen molar-refractivity contribution in [3.05, 3.63) is 29.3 Å². The average Bonchev–Trinajstić information content (AvgIpc) is 2.42. The molecule has 0 fully saturated rings. The lowest BCUT2D eigenvalue weighted by Crippen LogP contribution is -2.48. The van der Waals surface area contributed by atoms with Crippen molar-refractivity contribution < 1.29 is 23.8 Å². The van der Waals surface area contributed by atoms with Gasteiger partial charge in [-0.25, -0.2) is 14.2 Å². The summed E-state index contributed by atoms with van der Waals surface area (Å²) >= 11 is 0. The van der Waals surface area contributed by atoms with E-state index in [-0.39, 0.29) is 5.69 Å². The van der Waals surface area contributed by atoms with Crippen LogP contribution in [0, 0.1) is 5.82 Å². The van der Waals surface area contributed by atoms with Crippen molar-refractivity contribution in [2.75, 3.05) is 7.11 Å². The topological polar surface area (TPSA) is 88.5 Å². The lowest BCUT2D eigenvalue weighted by Gasteiger charge is -2.18. The van der Waals surface area contributed by atoms with Crippen molar-refractivity contribution in [2.45, 2.75) is 32.4 Å². The molecule has 0 saturated carbocycles. The zero-order valence-corrected chi connectivity index (χ0v) is 11.5. The van der Waals surface area contributed by atoms with E-state index in [2.05, 4.69) is 15.0 Å². The Balaban J connectivity index is 2.94. The molecule has 0 bridgehead atoms. The summed E-state index contributed by atoms with van der Waals surface area (Å²) in [6.07, 6.45) is -0.680. The molecule has 1 heterocycles. The number of aliphatic hydroxyl groups excluding tert-OH is 1. The lowest BCUT2D eigenvalue weighted by molar-refractivity contribution is -0.145. The van der Waals surface area contributed by atoms with Crippen LogP contribution in [0.15, 0.2) is 12.1 Å². The molecule has 1 aromatic rings. The summed E-state index contributed by atoms with van der Waals surface area (Å²) in [6, 6.07) is 0.955. The molecule has 2 atom stereocenters. The van der Waals surface area contributed by atoms with E-state index in [0.717, 1.165) is 13.2 Å². The first-order valence-electron chi connectivity index (χ1n) is 6.12. The molecule has 0 radical (unpaired) electrons. The number of amides is 1. The summed E-state index contributed by atoms with van der Waals surface area (Å²) in [5.41, 5.74) is 0.262. The number of nitrogens with zero attached hydrogens (tertiary/aromatic N) is 1. The predicted octanol–water partition coefficient (Wildman–Crippen LogP) is 0.435. The predicted molar refractivity (Wildman–Crippen MR) is 68.5 cm³/mol. The number of aliphatic hydroxyl groups is 1. The molecular formula is C13H17FN2O4. The molecule has 1 aromatic heterocycles. The van der Waals surface area contributed by atoms with Crippen molar-refractivity contribution in [1.29, 1.82) is 0 Å². The fraction of sp³-hybridized carbons (Fsp3) is 0.462. The minimum atomic E-state index is -1.23. The second kappa shape index (κ2) is 6.95. The van der Waals surface area contributed by atoms with Crippen LogP contribution in [0.2, 0.25) is 0 Å². The first-order chi connectivity index (χ1) is 9.38. The van der Waals surface area contributed by atoms with Crippen LogP contribution < -0.4 is 5.32 Å². The summed E-state index contributed by atoms with van der Waals surface area (Å²) in [4.78, 5) is 27.3. The number of methoxy groups -OCH3 is 1. The molecule has 1 amide bonds. The number of hydrogen-bond donors (Lipinski definition) is 2. The SMILES string of the molecule is CCc1cc(F)cc(C(=O)NC(C(=O)OC)C(C)O)n1. The zero-order chi connectivity index (χ0) is 15.3. The maximum Gasteiger partial charge on any atom is 0.331 e. The molecular weight excluding hydrogens is 267 g/mol. The van der Waals surface area contributed by atoms with Gasteiger partial charge in [0.2, 0.25) is 0 Å². The van der Waals surface area contributed by atoms with E-state index in [1.807, 2.05) is 0 Å². The van der Waals surface area contributed by atoms with Gasteiger partial charge in [-0.1, -0.05) is 6.92 Å². The number of rotatable bonds is 5. The Morgan fingerprint density at radius 1 is 1.50 bits per heavy atom. The first kappa shape index (κ1) is 16.0. The number of nitrogens with one attached hydrogen (secondary N) is 1. The van der Waals surface area contributed by atoms with Crippen molar-refractivity contribution >= 4 is 11.9 Å². The van der Waals surface area contributed by atoms with Gasteiger partial charge in [0.15, 0.2) is 6.04 Å². The van der Waals surface area contributed by atoms with Crippen LogP contribution >= 0.6 is 0 Å². The number of pyridine rings is 1. The normalized spacial score (nSPS) is 13.4. The maximum atomic E-state index is 13.3. The molecule has 0 saturated heterocycles.